The van der Waals surface area contributed by atoms with Crippen LogP contribution in [0.4, 0.5) is 10.3 Å². The van der Waals surface area contributed by atoms with E-state index in [4.69, 9.17) is 4.74 Å². The second-order valence-corrected chi connectivity index (χ2v) is 6.48. The number of hydrazone groups is 1. The van der Waals surface area contributed by atoms with Gasteiger partial charge in [-0.3, -0.25) is 0 Å². The summed E-state index contributed by atoms with van der Waals surface area (Å²) in [6.07, 6.45) is 1.59. The average molecular weight is 398 g/mol. The molecule has 1 heterocycles. The van der Waals surface area contributed by atoms with Crippen molar-refractivity contribution in [2.45, 2.75) is 0 Å². The average Bonchev–Trinajstić information content (AvgIpc) is 2.81. The van der Waals surface area contributed by atoms with E-state index in [1.165, 1.54) is 12.1 Å². The first-order chi connectivity index (χ1) is 14.7. The van der Waals surface area contributed by atoms with Gasteiger partial charge in [0.15, 0.2) is 0 Å². The van der Waals surface area contributed by atoms with Crippen molar-refractivity contribution in [3.8, 4) is 28.3 Å². The summed E-state index contributed by atoms with van der Waals surface area (Å²) in [7, 11) is 1.63. The van der Waals surface area contributed by atoms with E-state index in [0.29, 0.717) is 5.95 Å². The number of nitrogens with one attached hydrogen (secondary N) is 1. The largest absolute Gasteiger partial charge is 0.497 e. The Morgan fingerprint density at radius 2 is 1.47 bits per heavy atom. The van der Waals surface area contributed by atoms with Crippen LogP contribution in [-0.2, 0) is 0 Å². The Kier molecular flexibility index (Phi) is 5.75. The lowest BCUT2D eigenvalue weighted by Crippen LogP contribution is -2.00. The molecule has 0 amide bonds. The summed E-state index contributed by atoms with van der Waals surface area (Å²) in [5.74, 6) is 0.849. The van der Waals surface area contributed by atoms with Gasteiger partial charge in [-0.1, -0.05) is 42.5 Å². The number of hydrogen-bond acceptors (Lipinski definition) is 5. The molecule has 4 rings (SSSR count). The van der Waals surface area contributed by atoms with Gasteiger partial charge in [-0.25, -0.2) is 19.8 Å². The Balaban J connectivity index is 1.67. The van der Waals surface area contributed by atoms with E-state index in [9.17, 15) is 4.39 Å². The molecule has 1 N–H and O–H groups in total. The molecule has 4 aromatic rings. The van der Waals surface area contributed by atoms with E-state index >= 15 is 0 Å². The van der Waals surface area contributed by atoms with Crippen LogP contribution in [-0.4, -0.2) is 23.3 Å². The molecule has 0 saturated heterocycles. The molecular weight excluding hydrogens is 379 g/mol. The minimum atomic E-state index is -0.289. The second kappa shape index (κ2) is 8.96. The standard InChI is InChI=1S/C24H19FN4O/c1-30-21-13-9-19(10-14-21)23-15-22(18-5-3-2-4-6-18)27-24(28-23)29-26-16-17-7-11-20(25)12-8-17/h2-16H,1H3,(H,27,28,29). The van der Waals surface area contributed by atoms with E-state index in [1.807, 2.05) is 60.7 Å². The maximum Gasteiger partial charge on any atom is 0.244 e. The Morgan fingerprint density at radius 1 is 0.833 bits per heavy atom. The van der Waals surface area contributed by atoms with E-state index in [0.717, 1.165) is 33.8 Å². The number of rotatable bonds is 6. The molecule has 0 unspecified atom stereocenters. The maximum atomic E-state index is 13.0. The normalized spacial score (nSPS) is 10.9. The minimum absolute atomic E-state index is 0.289. The van der Waals surface area contributed by atoms with Gasteiger partial charge in [-0.15, -0.1) is 0 Å². The first-order valence-corrected chi connectivity index (χ1v) is 9.35. The lowest BCUT2D eigenvalue weighted by molar-refractivity contribution is 0.415. The highest BCUT2D eigenvalue weighted by Crippen LogP contribution is 2.26. The first-order valence-electron chi connectivity index (χ1n) is 9.35. The molecule has 1 aromatic heterocycles. The zero-order valence-electron chi connectivity index (χ0n) is 16.3. The number of ether oxygens (including phenoxy) is 1. The number of methoxy groups -OCH3 is 1. The number of nitrogens with zero attached hydrogens (tertiary/aromatic N) is 3. The number of aromatic nitrogens is 2. The molecular formula is C24H19FN4O. The SMILES string of the molecule is COc1ccc(-c2cc(-c3ccccc3)nc(NN=Cc3ccc(F)cc3)n2)cc1. The Morgan fingerprint density at radius 3 is 2.10 bits per heavy atom. The second-order valence-electron chi connectivity index (χ2n) is 6.48. The molecule has 0 fully saturated rings. The number of halogens is 1. The molecule has 3 aromatic carbocycles. The van der Waals surface area contributed by atoms with Crippen molar-refractivity contribution in [3.05, 3.63) is 96.3 Å². The Bertz CT molecular complexity index is 1140. The van der Waals surface area contributed by atoms with Gasteiger partial charge in [-0.2, -0.15) is 5.10 Å². The van der Waals surface area contributed by atoms with Gasteiger partial charge in [0, 0.05) is 11.1 Å². The highest BCUT2D eigenvalue weighted by Gasteiger charge is 2.08. The zero-order chi connectivity index (χ0) is 20.8. The maximum absolute atomic E-state index is 13.0. The Hall–Kier alpha value is -4.06. The summed E-state index contributed by atoms with van der Waals surface area (Å²) in [5, 5.41) is 4.20. The van der Waals surface area contributed by atoms with Crippen molar-refractivity contribution < 1.29 is 9.13 Å². The molecule has 148 valence electrons. The third-order valence-corrected chi connectivity index (χ3v) is 4.43. The lowest BCUT2D eigenvalue weighted by Gasteiger charge is -2.09. The van der Waals surface area contributed by atoms with E-state index in [-0.39, 0.29) is 5.82 Å². The van der Waals surface area contributed by atoms with Gasteiger partial charge in [-0.05, 0) is 48.0 Å². The minimum Gasteiger partial charge on any atom is -0.497 e. The quantitative estimate of drug-likeness (QED) is 0.349. The monoisotopic (exact) mass is 398 g/mol. The number of hydrogen-bond donors (Lipinski definition) is 1. The van der Waals surface area contributed by atoms with Gasteiger partial charge in [0.25, 0.3) is 0 Å². The summed E-state index contributed by atoms with van der Waals surface area (Å²) in [6, 6.07) is 25.5. The predicted octanol–water partition coefficient (Wildman–Crippen LogP) is 5.40. The van der Waals surface area contributed by atoms with Crippen molar-refractivity contribution in [1.82, 2.24) is 9.97 Å². The van der Waals surface area contributed by atoms with Crippen LogP contribution in [0.3, 0.4) is 0 Å². The van der Waals surface area contributed by atoms with E-state index < -0.39 is 0 Å². The van der Waals surface area contributed by atoms with E-state index in [2.05, 4.69) is 20.5 Å². The molecule has 0 aliphatic carbocycles. The van der Waals surface area contributed by atoms with Gasteiger partial charge in [0.2, 0.25) is 5.95 Å². The van der Waals surface area contributed by atoms with Crippen LogP contribution in [0.25, 0.3) is 22.5 Å². The molecule has 5 nitrogen and oxygen atoms in total. The molecule has 0 atom stereocenters. The lowest BCUT2D eigenvalue weighted by atomic mass is 10.1. The third-order valence-electron chi connectivity index (χ3n) is 4.43. The fourth-order valence-electron chi connectivity index (χ4n) is 2.88. The van der Waals surface area contributed by atoms with Crippen LogP contribution < -0.4 is 10.2 Å². The molecule has 6 heteroatoms. The fourth-order valence-corrected chi connectivity index (χ4v) is 2.88. The van der Waals surface area contributed by atoms with Crippen molar-refractivity contribution in [1.29, 1.82) is 0 Å². The van der Waals surface area contributed by atoms with Crippen LogP contribution >= 0.6 is 0 Å². The van der Waals surface area contributed by atoms with Crippen molar-refractivity contribution in [2.75, 3.05) is 12.5 Å². The van der Waals surface area contributed by atoms with Gasteiger partial charge < -0.3 is 4.74 Å². The Labute approximate surface area is 173 Å². The predicted molar refractivity (Wildman–Crippen MR) is 117 cm³/mol. The van der Waals surface area contributed by atoms with Crippen LogP contribution in [0.15, 0.2) is 90.0 Å². The van der Waals surface area contributed by atoms with Crippen LogP contribution in [0.2, 0.25) is 0 Å². The molecule has 0 spiro atoms. The van der Waals surface area contributed by atoms with E-state index in [1.54, 1.807) is 25.5 Å². The van der Waals surface area contributed by atoms with Crippen LogP contribution in [0.1, 0.15) is 5.56 Å². The highest BCUT2D eigenvalue weighted by molar-refractivity contribution is 5.80. The molecule has 0 saturated carbocycles. The van der Waals surface area contributed by atoms with Gasteiger partial charge in [0.05, 0.1) is 24.7 Å². The molecule has 30 heavy (non-hydrogen) atoms. The summed E-state index contributed by atoms with van der Waals surface area (Å²) in [5.41, 5.74) is 7.08. The van der Waals surface area contributed by atoms with Crippen LogP contribution in [0, 0.1) is 5.82 Å². The molecule has 0 radical (unpaired) electrons. The van der Waals surface area contributed by atoms with Gasteiger partial charge >= 0.3 is 0 Å². The van der Waals surface area contributed by atoms with Crippen molar-refractivity contribution >= 4 is 12.2 Å². The summed E-state index contributed by atoms with van der Waals surface area (Å²) >= 11 is 0. The number of anilines is 1. The molecule has 0 aliphatic heterocycles. The topological polar surface area (TPSA) is 59.4 Å². The smallest absolute Gasteiger partial charge is 0.244 e. The summed E-state index contributed by atoms with van der Waals surface area (Å²) < 4.78 is 18.3. The van der Waals surface area contributed by atoms with Crippen molar-refractivity contribution in [3.63, 3.8) is 0 Å². The zero-order valence-corrected chi connectivity index (χ0v) is 16.3. The number of benzene rings is 3. The van der Waals surface area contributed by atoms with Gasteiger partial charge in [0.1, 0.15) is 11.6 Å². The summed E-state index contributed by atoms with van der Waals surface area (Å²) in [4.78, 5) is 9.18. The fraction of sp³-hybridized carbons (Fsp3) is 0.0417. The first kappa shape index (κ1) is 19.3. The van der Waals surface area contributed by atoms with Crippen molar-refractivity contribution in [2.24, 2.45) is 5.10 Å². The molecule has 0 bridgehead atoms. The highest BCUT2D eigenvalue weighted by atomic mass is 19.1. The van der Waals surface area contributed by atoms with Crippen LogP contribution in [0.5, 0.6) is 5.75 Å². The third kappa shape index (κ3) is 4.67. The molecule has 0 aliphatic rings. The summed E-state index contributed by atoms with van der Waals surface area (Å²) in [6.45, 7) is 0.